The van der Waals surface area contributed by atoms with E-state index in [0.29, 0.717) is 12.6 Å². The van der Waals surface area contributed by atoms with Crippen molar-refractivity contribution in [3.8, 4) is 0 Å². The molecule has 0 aromatic rings. The summed E-state index contributed by atoms with van der Waals surface area (Å²) in [5, 5.41) is 3.31. The van der Waals surface area contributed by atoms with Crippen LogP contribution in [0, 0.1) is 0 Å². The van der Waals surface area contributed by atoms with Crippen molar-refractivity contribution in [2.45, 2.75) is 38.0 Å². The average molecular weight is 251 g/mol. The first-order valence-corrected chi connectivity index (χ1v) is 8.17. The van der Waals surface area contributed by atoms with Crippen LogP contribution in [0.1, 0.15) is 27.2 Å². The van der Waals surface area contributed by atoms with Crippen molar-refractivity contribution in [1.29, 1.82) is 0 Å². The van der Waals surface area contributed by atoms with E-state index in [1.54, 1.807) is 20.8 Å². The first-order valence-electron chi connectivity index (χ1n) is 5.36. The summed E-state index contributed by atoms with van der Waals surface area (Å²) in [6.45, 7) is 5.86. The van der Waals surface area contributed by atoms with E-state index in [1.165, 1.54) is 12.2 Å². The lowest BCUT2D eigenvalue weighted by Gasteiger charge is -2.20. The third-order valence-electron chi connectivity index (χ3n) is 2.67. The molecule has 1 heterocycles. The molecule has 0 radical (unpaired) electrons. The van der Waals surface area contributed by atoms with Gasteiger partial charge in [-0.05, 0) is 32.9 Å². The van der Waals surface area contributed by atoms with Crippen molar-refractivity contribution in [2.75, 3.05) is 23.8 Å². The van der Waals surface area contributed by atoms with E-state index >= 15 is 0 Å². The highest BCUT2D eigenvalue weighted by atomic mass is 32.2. The van der Waals surface area contributed by atoms with Crippen LogP contribution >= 0.6 is 11.8 Å². The average Bonchev–Trinajstić information content (AvgIpc) is 2.54. The van der Waals surface area contributed by atoms with Crippen LogP contribution in [0.5, 0.6) is 0 Å². The van der Waals surface area contributed by atoms with Crippen molar-refractivity contribution < 1.29 is 8.42 Å². The minimum absolute atomic E-state index is 0.248. The summed E-state index contributed by atoms with van der Waals surface area (Å²) >= 11 is 1.93. The van der Waals surface area contributed by atoms with Gasteiger partial charge < -0.3 is 5.32 Å². The molecule has 3 nitrogen and oxygen atoms in total. The van der Waals surface area contributed by atoms with Crippen LogP contribution in [0.25, 0.3) is 0 Å². The fourth-order valence-corrected chi connectivity index (χ4v) is 3.58. The highest BCUT2D eigenvalue weighted by Gasteiger charge is 2.28. The summed E-state index contributed by atoms with van der Waals surface area (Å²) in [4.78, 5) is 0. The molecule has 0 aromatic carbocycles. The fraction of sp³-hybridized carbons (Fsp3) is 1.00. The molecule has 0 aromatic heterocycles. The number of hydrogen-bond acceptors (Lipinski definition) is 4. The maximum Gasteiger partial charge on any atom is 0.156 e. The molecular formula is C10H21NO2S2. The van der Waals surface area contributed by atoms with Crippen molar-refractivity contribution in [3.63, 3.8) is 0 Å². The van der Waals surface area contributed by atoms with Crippen LogP contribution in [0.2, 0.25) is 0 Å². The van der Waals surface area contributed by atoms with Crippen molar-refractivity contribution in [1.82, 2.24) is 5.32 Å². The Bertz CT molecular complexity index is 287. The first-order chi connectivity index (χ1) is 6.83. The predicted molar refractivity (Wildman–Crippen MR) is 67.3 cm³/mol. The standard InChI is InChI=1S/C10H21NO2S2/c1-10(2,3)15(12,13)7-5-11-9-4-6-14-8-9/h9,11H,4-8H2,1-3H3. The van der Waals surface area contributed by atoms with Crippen LogP contribution in [-0.2, 0) is 9.84 Å². The molecule has 0 saturated carbocycles. The molecule has 1 N–H and O–H groups in total. The summed E-state index contributed by atoms with van der Waals surface area (Å²) in [6, 6.07) is 0.519. The van der Waals surface area contributed by atoms with Gasteiger partial charge in [-0.3, -0.25) is 0 Å². The minimum atomic E-state index is -2.96. The first kappa shape index (κ1) is 13.3. The van der Waals surface area contributed by atoms with Crippen LogP contribution in [-0.4, -0.2) is 43.0 Å². The predicted octanol–water partition coefficient (Wildman–Crippen LogP) is 1.29. The van der Waals surface area contributed by atoms with Gasteiger partial charge >= 0.3 is 0 Å². The van der Waals surface area contributed by atoms with Gasteiger partial charge in [-0.25, -0.2) is 8.42 Å². The normalized spacial score (nSPS) is 23.3. The Balaban J connectivity index is 2.30. The Hall–Kier alpha value is 0.260. The van der Waals surface area contributed by atoms with Crippen molar-refractivity contribution in [3.05, 3.63) is 0 Å². The van der Waals surface area contributed by atoms with Gasteiger partial charge in [0, 0.05) is 18.3 Å². The van der Waals surface area contributed by atoms with E-state index in [1.807, 2.05) is 11.8 Å². The number of nitrogens with one attached hydrogen (secondary N) is 1. The Kier molecular flexibility index (Phi) is 4.50. The molecule has 1 rings (SSSR count). The smallest absolute Gasteiger partial charge is 0.156 e. The zero-order valence-corrected chi connectivity index (χ0v) is 11.4. The zero-order chi connectivity index (χ0) is 11.5. The molecule has 0 bridgehead atoms. The summed E-state index contributed by atoms with van der Waals surface area (Å²) < 4.78 is 22.9. The molecule has 5 heteroatoms. The largest absolute Gasteiger partial charge is 0.312 e. The second-order valence-electron chi connectivity index (χ2n) is 4.95. The third kappa shape index (κ3) is 3.96. The lowest BCUT2D eigenvalue weighted by molar-refractivity contribution is 0.542. The maximum atomic E-state index is 11.8. The van der Waals surface area contributed by atoms with Gasteiger partial charge in [-0.15, -0.1) is 0 Å². The van der Waals surface area contributed by atoms with Crippen LogP contribution in [0.3, 0.4) is 0 Å². The fourth-order valence-electron chi connectivity index (χ4n) is 1.40. The summed E-state index contributed by atoms with van der Waals surface area (Å²) in [5.41, 5.74) is 0. The number of sulfone groups is 1. The SMILES string of the molecule is CC(C)(C)S(=O)(=O)CCNC1CCSC1. The van der Waals surface area contributed by atoms with Crippen LogP contribution < -0.4 is 5.32 Å². The molecule has 0 amide bonds. The lowest BCUT2D eigenvalue weighted by Crippen LogP contribution is -2.38. The number of thioether (sulfide) groups is 1. The number of hydrogen-bond donors (Lipinski definition) is 1. The molecule has 0 aliphatic carbocycles. The molecule has 1 saturated heterocycles. The lowest BCUT2D eigenvalue weighted by atomic mass is 10.3. The van der Waals surface area contributed by atoms with Gasteiger partial charge in [-0.1, -0.05) is 0 Å². The molecule has 1 fully saturated rings. The Morgan fingerprint density at radius 3 is 2.53 bits per heavy atom. The summed E-state index contributed by atoms with van der Waals surface area (Å²) in [5.74, 6) is 2.57. The van der Waals surface area contributed by atoms with Crippen molar-refractivity contribution in [2.24, 2.45) is 0 Å². The van der Waals surface area contributed by atoms with Crippen molar-refractivity contribution >= 4 is 21.6 Å². The van der Waals surface area contributed by atoms with E-state index in [-0.39, 0.29) is 5.75 Å². The van der Waals surface area contributed by atoms with Gasteiger partial charge in [0.2, 0.25) is 0 Å². The van der Waals surface area contributed by atoms with E-state index in [2.05, 4.69) is 5.32 Å². The minimum Gasteiger partial charge on any atom is -0.312 e. The van der Waals surface area contributed by atoms with Gasteiger partial charge in [0.15, 0.2) is 9.84 Å². The monoisotopic (exact) mass is 251 g/mol. The molecule has 90 valence electrons. The maximum absolute atomic E-state index is 11.8. The van der Waals surface area contributed by atoms with Gasteiger partial charge in [0.1, 0.15) is 0 Å². The van der Waals surface area contributed by atoms with E-state index < -0.39 is 14.6 Å². The van der Waals surface area contributed by atoms with Gasteiger partial charge in [0.05, 0.1) is 10.5 Å². The second-order valence-corrected chi connectivity index (χ2v) is 8.96. The Morgan fingerprint density at radius 1 is 1.40 bits per heavy atom. The molecule has 1 atom stereocenters. The number of rotatable bonds is 4. The van der Waals surface area contributed by atoms with Gasteiger partial charge in [0.25, 0.3) is 0 Å². The van der Waals surface area contributed by atoms with E-state index in [0.717, 1.165) is 5.75 Å². The van der Waals surface area contributed by atoms with E-state index in [9.17, 15) is 8.42 Å². The zero-order valence-electron chi connectivity index (χ0n) is 9.75. The molecule has 1 aliphatic heterocycles. The summed E-state index contributed by atoms with van der Waals surface area (Å²) in [6.07, 6.45) is 1.17. The van der Waals surface area contributed by atoms with Crippen LogP contribution in [0.15, 0.2) is 0 Å². The highest BCUT2D eigenvalue weighted by molar-refractivity contribution is 7.99. The topological polar surface area (TPSA) is 46.2 Å². The Morgan fingerprint density at radius 2 is 2.07 bits per heavy atom. The Labute approximate surface area is 97.3 Å². The molecule has 0 spiro atoms. The molecule has 1 unspecified atom stereocenters. The van der Waals surface area contributed by atoms with Crippen LogP contribution in [0.4, 0.5) is 0 Å². The molecular weight excluding hydrogens is 230 g/mol. The quantitative estimate of drug-likeness (QED) is 0.818. The van der Waals surface area contributed by atoms with E-state index in [4.69, 9.17) is 0 Å². The molecule has 15 heavy (non-hydrogen) atoms. The molecule has 1 aliphatic rings. The highest BCUT2D eigenvalue weighted by Crippen LogP contribution is 2.18. The second kappa shape index (κ2) is 5.06. The van der Waals surface area contributed by atoms with Gasteiger partial charge in [-0.2, -0.15) is 11.8 Å². The third-order valence-corrected chi connectivity index (χ3v) is 6.44. The summed E-state index contributed by atoms with van der Waals surface area (Å²) in [7, 11) is -2.96.